The van der Waals surface area contributed by atoms with Gasteiger partial charge in [-0.05, 0) is 56.2 Å². The van der Waals surface area contributed by atoms with Crippen molar-refractivity contribution in [3.8, 4) is 0 Å². The normalized spacial score (nSPS) is 24.2. The number of hydrogen-bond donors (Lipinski definition) is 2. The molecule has 1 amide bonds. The maximum atomic E-state index is 12.4. The van der Waals surface area contributed by atoms with Crippen LogP contribution in [0.25, 0.3) is 0 Å². The summed E-state index contributed by atoms with van der Waals surface area (Å²) in [4.78, 5) is 13.5. The van der Waals surface area contributed by atoms with Gasteiger partial charge in [0.25, 0.3) is 0 Å². The zero-order valence-corrected chi connectivity index (χ0v) is 12.1. The predicted octanol–water partition coefficient (Wildman–Crippen LogP) is 2.74. The zero-order chi connectivity index (χ0) is 13.3. The van der Waals surface area contributed by atoms with Crippen molar-refractivity contribution >= 4 is 23.4 Å². The van der Waals surface area contributed by atoms with E-state index in [2.05, 4.69) is 10.6 Å². The molecule has 4 heteroatoms. The van der Waals surface area contributed by atoms with Crippen LogP contribution in [0, 0.1) is 11.3 Å². The molecule has 1 saturated heterocycles. The molecule has 0 radical (unpaired) electrons. The summed E-state index contributed by atoms with van der Waals surface area (Å²) in [5.41, 5.74) is 1.26. The molecule has 3 nitrogen and oxygen atoms in total. The molecule has 2 fully saturated rings. The summed E-state index contributed by atoms with van der Waals surface area (Å²) in [5, 5.41) is 6.49. The van der Waals surface area contributed by atoms with Crippen LogP contribution in [0.15, 0.2) is 29.2 Å². The molecular weight excluding hydrogens is 256 g/mol. The first-order valence-electron chi connectivity index (χ1n) is 6.90. The van der Waals surface area contributed by atoms with Gasteiger partial charge in [-0.2, -0.15) is 0 Å². The number of hydrogen-bond acceptors (Lipinski definition) is 3. The largest absolute Gasteiger partial charge is 0.325 e. The number of para-hydroxylation sites is 1. The van der Waals surface area contributed by atoms with Crippen LogP contribution in [0.4, 0.5) is 5.69 Å². The van der Waals surface area contributed by atoms with E-state index in [-0.39, 0.29) is 11.8 Å². The molecule has 1 heterocycles. The van der Waals surface area contributed by atoms with Gasteiger partial charge in [-0.15, -0.1) is 11.8 Å². The molecular formula is C15H20N2OS. The fourth-order valence-electron chi connectivity index (χ4n) is 3.16. The Morgan fingerprint density at radius 1 is 1.37 bits per heavy atom. The number of amides is 1. The SMILES string of the molecule is CSc1ccccc1NC(=O)C1CC12CCNCC2. The highest BCUT2D eigenvalue weighted by Crippen LogP contribution is 2.58. The van der Waals surface area contributed by atoms with Crippen molar-refractivity contribution in [2.24, 2.45) is 11.3 Å². The fourth-order valence-corrected chi connectivity index (χ4v) is 3.72. The van der Waals surface area contributed by atoms with Crippen LogP contribution >= 0.6 is 11.8 Å². The molecule has 0 bridgehead atoms. The lowest BCUT2D eigenvalue weighted by Gasteiger charge is -2.23. The molecule has 2 N–H and O–H groups in total. The van der Waals surface area contributed by atoms with E-state index in [4.69, 9.17) is 0 Å². The van der Waals surface area contributed by atoms with E-state index in [1.165, 1.54) is 0 Å². The van der Waals surface area contributed by atoms with Crippen molar-refractivity contribution < 1.29 is 4.79 Å². The summed E-state index contributed by atoms with van der Waals surface area (Å²) in [6.07, 6.45) is 5.41. The number of carbonyl (C=O) groups is 1. The fraction of sp³-hybridized carbons (Fsp3) is 0.533. The van der Waals surface area contributed by atoms with Gasteiger partial charge in [0.05, 0.1) is 5.69 Å². The van der Waals surface area contributed by atoms with E-state index in [1.54, 1.807) is 11.8 Å². The Labute approximate surface area is 118 Å². The smallest absolute Gasteiger partial charge is 0.228 e. The molecule has 3 rings (SSSR count). The molecule has 1 unspecified atom stereocenters. The molecule has 1 saturated carbocycles. The monoisotopic (exact) mass is 276 g/mol. The number of rotatable bonds is 3. The Morgan fingerprint density at radius 2 is 2.11 bits per heavy atom. The van der Waals surface area contributed by atoms with Crippen molar-refractivity contribution in [3.63, 3.8) is 0 Å². The Hall–Kier alpha value is -1.00. The third kappa shape index (κ3) is 2.51. The molecule has 1 aromatic carbocycles. The third-order valence-corrected chi connectivity index (χ3v) is 5.27. The average molecular weight is 276 g/mol. The standard InChI is InChI=1S/C15H20N2OS/c1-19-13-5-3-2-4-12(13)17-14(18)11-10-15(11)6-8-16-9-7-15/h2-5,11,16H,6-10H2,1H3,(H,17,18). The van der Waals surface area contributed by atoms with Crippen LogP contribution in [0.5, 0.6) is 0 Å². The van der Waals surface area contributed by atoms with Gasteiger partial charge in [-0.3, -0.25) is 4.79 Å². The second-order valence-corrected chi connectivity index (χ2v) is 6.41. The number of carbonyl (C=O) groups excluding carboxylic acids is 1. The second-order valence-electron chi connectivity index (χ2n) is 5.56. The van der Waals surface area contributed by atoms with Gasteiger partial charge >= 0.3 is 0 Å². The van der Waals surface area contributed by atoms with Crippen molar-refractivity contribution in [1.29, 1.82) is 0 Å². The number of benzene rings is 1. The topological polar surface area (TPSA) is 41.1 Å². The number of piperidine rings is 1. The van der Waals surface area contributed by atoms with Gasteiger partial charge < -0.3 is 10.6 Å². The van der Waals surface area contributed by atoms with Gasteiger partial charge in [0.15, 0.2) is 0 Å². The van der Waals surface area contributed by atoms with E-state index >= 15 is 0 Å². The Kier molecular flexibility index (Phi) is 3.54. The summed E-state index contributed by atoms with van der Waals surface area (Å²) in [6, 6.07) is 8.02. The van der Waals surface area contributed by atoms with Gasteiger partial charge in [0.2, 0.25) is 5.91 Å². The van der Waals surface area contributed by atoms with Crippen LogP contribution in [-0.2, 0) is 4.79 Å². The lowest BCUT2D eigenvalue weighted by atomic mass is 9.92. The Balaban J connectivity index is 1.66. The van der Waals surface area contributed by atoms with Crippen molar-refractivity contribution in [2.45, 2.75) is 24.2 Å². The van der Waals surface area contributed by atoms with E-state index in [1.807, 2.05) is 30.5 Å². The van der Waals surface area contributed by atoms with E-state index < -0.39 is 0 Å². The number of anilines is 1. The van der Waals surface area contributed by atoms with Crippen LogP contribution in [0.2, 0.25) is 0 Å². The zero-order valence-electron chi connectivity index (χ0n) is 11.2. The Bertz CT molecular complexity index is 483. The van der Waals surface area contributed by atoms with E-state index in [0.717, 1.165) is 42.9 Å². The minimum atomic E-state index is 0.211. The molecule has 1 aliphatic carbocycles. The van der Waals surface area contributed by atoms with Gasteiger partial charge in [0.1, 0.15) is 0 Å². The first kappa shape index (κ1) is 13.0. The maximum Gasteiger partial charge on any atom is 0.228 e. The minimum absolute atomic E-state index is 0.211. The lowest BCUT2D eigenvalue weighted by molar-refractivity contribution is -0.118. The molecule has 1 spiro atoms. The molecule has 102 valence electrons. The van der Waals surface area contributed by atoms with Crippen LogP contribution in [-0.4, -0.2) is 25.3 Å². The van der Waals surface area contributed by atoms with Crippen LogP contribution in [0.1, 0.15) is 19.3 Å². The molecule has 0 aromatic heterocycles. The summed E-state index contributed by atoms with van der Waals surface area (Å²) >= 11 is 1.67. The van der Waals surface area contributed by atoms with Gasteiger partial charge in [-0.1, -0.05) is 12.1 Å². The first-order chi connectivity index (χ1) is 9.25. The van der Waals surface area contributed by atoms with E-state index in [0.29, 0.717) is 5.41 Å². The average Bonchev–Trinajstić information content (AvgIpc) is 3.14. The summed E-state index contributed by atoms with van der Waals surface area (Å²) < 4.78 is 0. The number of thioether (sulfide) groups is 1. The highest BCUT2D eigenvalue weighted by molar-refractivity contribution is 7.98. The van der Waals surface area contributed by atoms with E-state index in [9.17, 15) is 4.79 Å². The molecule has 1 atom stereocenters. The van der Waals surface area contributed by atoms with Crippen molar-refractivity contribution in [2.75, 3.05) is 24.7 Å². The highest BCUT2D eigenvalue weighted by atomic mass is 32.2. The molecule has 1 aromatic rings. The van der Waals surface area contributed by atoms with Gasteiger partial charge in [-0.25, -0.2) is 0 Å². The van der Waals surface area contributed by atoms with Crippen LogP contribution in [0.3, 0.4) is 0 Å². The molecule has 2 aliphatic rings. The van der Waals surface area contributed by atoms with Crippen molar-refractivity contribution in [1.82, 2.24) is 5.32 Å². The van der Waals surface area contributed by atoms with Gasteiger partial charge in [0, 0.05) is 10.8 Å². The quantitative estimate of drug-likeness (QED) is 0.834. The lowest BCUT2D eigenvalue weighted by Crippen LogP contribution is -2.31. The maximum absolute atomic E-state index is 12.4. The Morgan fingerprint density at radius 3 is 2.84 bits per heavy atom. The second kappa shape index (κ2) is 5.17. The molecule has 19 heavy (non-hydrogen) atoms. The minimum Gasteiger partial charge on any atom is -0.325 e. The third-order valence-electron chi connectivity index (χ3n) is 4.47. The first-order valence-corrected chi connectivity index (χ1v) is 8.12. The molecule has 1 aliphatic heterocycles. The van der Waals surface area contributed by atoms with Crippen LogP contribution < -0.4 is 10.6 Å². The number of nitrogens with one attached hydrogen (secondary N) is 2. The summed E-state index contributed by atoms with van der Waals surface area (Å²) in [5.74, 6) is 0.438. The summed E-state index contributed by atoms with van der Waals surface area (Å²) in [6.45, 7) is 2.12. The predicted molar refractivity (Wildman–Crippen MR) is 79.5 cm³/mol. The highest BCUT2D eigenvalue weighted by Gasteiger charge is 2.57. The van der Waals surface area contributed by atoms with Crippen molar-refractivity contribution in [3.05, 3.63) is 24.3 Å². The summed E-state index contributed by atoms with van der Waals surface area (Å²) in [7, 11) is 0.